The predicted octanol–water partition coefficient (Wildman–Crippen LogP) is -0.176. The van der Waals surface area contributed by atoms with Crippen LogP contribution in [-0.4, -0.2) is 30.6 Å². The summed E-state index contributed by atoms with van der Waals surface area (Å²) in [7, 11) is 0. The minimum absolute atomic E-state index is 0.249. The lowest BCUT2D eigenvalue weighted by atomic mass is 10.1. The average Bonchev–Trinajstić information content (AvgIpc) is 2.43. The van der Waals surface area contributed by atoms with Gasteiger partial charge < -0.3 is 14.3 Å². The molecule has 2 aliphatic rings. The first-order chi connectivity index (χ1) is 5.79. The molecule has 1 fully saturated rings. The Kier molecular flexibility index (Phi) is 1.69. The van der Waals surface area contributed by atoms with Crippen LogP contribution in [0, 0.1) is 0 Å². The van der Waals surface area contributed by atoms with Crippen LogP contribution >= 0.6 is 0 Å². The molecular weight excluding hydrogens is 160 g/mol. The Bertz CT molecular complexity index is 245. The van der Waals surface area contributed by atoms with E-state index >= 15 is 0 Å². The van der Waals surface area contributed by atoms with Gasteiger partial charge in [-0.15, -0.1) is 0 Å². The van der Waals surface area contributed by atoms with Crippen molar-refractivity contribution in [2.24, 2.45) is 0 Å². The van der Waals surface area contributed by atoms with Crippen LogP contribution in [0.5, 0.6) is 0 Å². The number of carbonyl (C=O) groups excluding carboxylic acids is 2. The largest absolute Gasteiger partial charge is 0.455 e. The lowest BCUT2D eigenvalue weighted by Gasteiger charge is -2.21. The van der Waals surface area contributed by atoms with Crippen molar-refractivity contribution in [3.8, 4) is 0 Å². The first kappa shape index (κ1) is 7.49. The molecule has 4 heteroatoms. The Hall–Kier alpha value is -1.16. The van der Waals surface area contributed by atoms with Gasteiger partial charge in [0.25, 0.3) is 0 Å². The van der Waals surface area contributed by atoms with Crippen LogP contribution in [0.25, 0.3) is 0 Å². The van der Waals surface area contributed by atoms with Gasteiger partial charge in [-0.25, -0.2) is 0 Å². The van der Waals surface area contributed by atoms with E-state index in [-0.39, 0.29) is 24.6 Å². The molecule has 3 unspecified atom stereocenters. The Balaban J connectivity index is 2.12. The van der Waals surface area contributed by atoms with Gasteiger partial charge in [-0.1, -0.05) is 0 Å². The third-order valence-corrected chi connectivity index (χ3v) is 1.96. The fourth-order valence-electron chi connectivity index (χ4n) is 1.39. The first-order valence-electron chi connectivity index (χ1n) is 3.78. The maximum Gasteiger partial charge on any atom is 0.309 e. The number of ether oxygens (including phenoxy) is 2. The number of aldehydes is 1. The molecule has 0 spiro atoms. The van der Waals surface area contributed by atoms with Crippen LogP contribution in [0.2, 0.25) is 0 Å². The van der Waals surface area contributed by atoms with E-state index in [1.54, 1.807) is 12.2 Å². The molecule has 0 bridgehead atoms. The van der Waals surface area contributed by atoms with Gasteiger partial charge in [0.1, 0.15) is 18.3 Å². The van der Waals surface area contributed by atoms with Crippen LogP contribution < -0.4 is 0 Å². The molecular formula is C8H8O4. The van der Waals surface area contributed by atoms with E-state index < -0.39 is 6.10 Å². The van der Waals surface area contributed by atoms with Crippen LogP contribution in [0.3, 0.4) is 0 Å². The highest BCUT2D eigenvalue weighted by Gasteiger charge is 2.37. The fraction of sp³-hybridized carbons (Fsp3) is 0.500. The van der Waals surface area contributed by atoms with E-state index in [1.165, 1.54) is 0 Å². The van der Waals surface area contributed by atoms with Crippen molar-refractivity contribution in [3.63, 3.8) is 0 Å². The van der Waals surface area contributed by atoms with Gasteiger partial charge in [0.05, 0.1) is 6.42 Å². The van der Waals surface area contributed by atoms with Gasteiger partial charge in [-0.05, 0) is 12.2 Å². The molecule has 0 N–H and O–H groups in total. The maximum atomic E-state index is 10.8. The van der Waals surface area contributed by atoms with Crippen LogP contribution in [0.1, 0.15) is 6.42 Å². The average molecular weight is 168 g/mol. The van der Waals surface area contributed by atoms with E-state index in [1.807, 2.05) is 0 Å². The van der Waals surface area contributed by atoms with E-state index in [0.717, 1.165) is 0 Å². The molecule has 3 atom stereocenters. The van der Waals surface area contributed by atoms with Crippen LogP contribution in [0.15, 0.2) is 12.2 Å². The Labute approximate surface area is 69.1 Å². The second-order valence-corrected chi connectivity index (χ2v) is 2.82. The summed E-state index contributed by atoms with van der Waals surface area (Å²) in [6, 6.07) is 0. The molecule has 0 radical (unpaired) electrons. The topological polar surface area (TPSA) is 52.6 Å². The Morgan fingerprint density at radius 3 is 3.08 bits per heavy atom. The summed E-state index contributed by atoms with van der Waals surface area (Å²) < 4.78 is 10.1. The highest BCUT2D eigenvalue weighted by molar-refractivity contribution is 5.73. The molecule has 0 aromatic carbocycles. The molecule has 2 rings (SSSR count). The van der Waals surface area contributed by atoms with Gasteiger partial charge >= 0.3 is 5.97 Å². The zero-order valence-corrected chi connectivity index (χ0v) is 6.30. The van der Waals surface area contributed by atoms with Gasteiger partial charge in [0.15, 0.2) is 6.29 Å². The number of esters is 1. The number of hydrogen-bond donors (Lipinski definition) is 0. The summed E-state index contributed by atoms with van der Waals surface area (Å²) >= 11 is 0. The zero-order chi connectivity index (χ0) is 8.55. The van der Waals surface area contributed by atoms with Crippen molar-refractivity contribution in [3.05, 3.63) is 12.2 Å². The lowest BCUT2D eigenvalue weighted by molar-refractivity contribution is -0.140. The van der Waals surface area contributed by atoms with Gasteiger partial charge in [-0.2, -0.15) is 0 Å². The quantitative estimate of drug-likeness (QED) is 0.310. The zero-order valence-electron chi connectivity index (χ0n) is 6.30. The predicted molar refractivity (Wildman–Crippen MR) is 38.4 cm³/mol. The monoisotopic (exact) mass is 168 g/mol. The summed E-state index contributed by atoms with van der Waals surface area (Å²) in [5.74, 6) is -0.263. The van der Waals surface area contributed by atoms with Crippen molar-refractivity contribution >= 4 is 12.3 Å². The van der Waals surface area contributed by atoms with Crippen molar-refractivity contribution in [1.82, 2.24) is 0 Å². The third-order valence-electron chi connectivity index (χ3n) is 1.96. The number of carbonyl (C=O) groups is 2. The summed E-state index contributed by atoms with van der Waals surface area (Å²) in [5.41, 5.74) is 0. The standard InChI is InChI=1S/C8H8O4/c9-4-5-1-2-6-7(11-5)3-8(10)12-6/h1-2,4-7H,3H2. The second-order valence-electron chi connectivity index (χ2n) is 2.82. The molecule has 0 amide bonds. The molecule has 1 saturated heterocycles. The van der Waals surface area contributed by atoms with E-state index in [9.17, 15) is 9.59 Å². The van der Waals surface area contributed by atoms with Gasteiger partial charge in [-0.3, -0.25) is 4.79 Å². The molecule has 64 valence electrons. The SMILES string of the molecule is O=CC1C=CC2OC(=O)CC2O1. The van der Waals surface area contributed by atoms with Gasteiger partial charge in [0.2, 0.25) is 0 Å². The number of fused-ring (bicyclic) bond motifs is 1. The highest BCUT2D eigenvalue weighted by Crippen LogP contribution is 2.24. The normalized spacial score (nSPS) is 39.0. The molecule has 12 heavy (non-hydrogen) atoms. The van der Waals surface area contributed by atoms with Gasteiger partial charge in [0, 0.05) is 0 Å². The van der Waals surface area contributed by atoms with Crippen molar-refractivity contribution in [1.29, 1.82) is 0 Å². The third kappa shape index (κ3) is 1.14. The Morgan fingerprint density at radius 1 is 1.50 bits per heavy atom. The molecule has 0 saturated carbocycles. The number of hydrogen-bond acceptors (Lipinski definition) is 4. The van der Waals surface area contributed by atoms with Crippen molar-refractivity contribution in [2.75, 3.05) is 0 Å². The fourth-order valence-corrected chi connectivity index (χ4v) is 1.39. The molecule has 0 aromatic rings. The van der Waals surface area contributed by atoms with Crippen molar-refractivity contribution < 1.29 is 19.1 Å². The van der Waals surface area contributed by atoms with E-state index in [4.69, 9.17) is 9.47 Å². The highest BCUT2D eigenvalue weighted by atomic mass is 16.6. The maximum absolute atomic E-state index is 10.8. The summed E-state index contributed by atoms with van der Waals surface area (Å²) in [5, 5.41) is 0. The summed E-state index contributed by atoms with van der Waals surface area (Å²) in [6.07, 6.45) is 3.20. The first-order valence-corrected chi connectivity index (χ1v) is 3.78. The molecule has 0 aromatic heterocycles. The van der Waals surface area contributed by atoms with E-state index in [0.29, 0.717) is 6.29 Å². The summed E-state index contributed by atoms with van der Waals surface area (Å²) in [6.45, 7) is 0. The smallest absolute Gasteiger partial charge is 0.309 e. The van der Waals surface area contributed by atoms with Crippen LogP contribution in [0.4, 0.5) is 0 Å². The van der Waals surface area contributed by atoms with Crippen molar-refractivity contribution in [2.45, 2.75) is 24.7 Å². The number of rotatable bonds is 1. The van der Waals surface area contributed by atoms with Crippen LogP contribution in [-0.2, 0) is 19.1 Å². The molecule has 0 aliphatic carbocycles. The molecule has 2 heterocycles. The second kappa shape index (κ2) is 2.71. The minimum atomic E-state index is -0.513. The molecule has 2 aliphatic heterocycles. The summed E-state index contributed by atoms with van der Waals surface area (Å²) in [4.78, 5) is 21.1. The Morgan fingerprint density at radius 2 is 2.33 bits per heavy atom. The molecule has 4 nitrogen and oxygen atoms in total. The van der Waals surface area contributed by atoms with E-state index in [2.05, 4.69) is 0 Å². The minimum Gasteiger partial charge on any atom is -0.455 e. The lowest BCUT2D eigenvalue weighted by Crippen LogP contribution is -2.32.